The van der Waals surface area contributed by atoms with Crippen molar-refractivity contribution in [3.8, 4) is 11.4 Å². The van der Waals surface area contributed by atoms with Crippen LogP contribution < -0.4 is 0 Å². The van der Waals surface area contributed by atoms with E-state index < -0.39 is 11.9 Å². The number of carboxylic acid groups (broad SMARTS) is 1. The summed E-state index contributed by atoms with van der Waals surface area (Å²) in [5, 5.41) is 9.11. The molecule has 0 aromatic carbocycles. The molecule has 0 saturated heterocycles. The Hall–Kier alpha value is -2.30. The predicted molar refractivity (Wildman–Crippen MR) is 70.8 cm³/mol. The standard InChI is InChI=1S/C14H15N3O2/c1-8(14(18)19)12-9(2)16-13(17-10(12)3)11-4-6-15-7-5-11/h4-8H,1-3H3,(H,18,19). The maximum Gasteiger partial charge on any atom is 0.310 e. The van der Waals surface area contributed by atoms with E-state index in [1.807, 2.05) is 26.0 Å². The first kappa shape index (κ1) is 13.1. The zero-order valence-corrected chi connectivity index (χ0v) is 11.1. The van der Waals surface area contributed by atoms with Crippen LogP contribution in [-0.2, 0) is 4.79 Å². The number of carboxylic acids is 1. The van der Waals surface area contributed by atoms with Gasteiger partial charge in [0, 0.05) is 34.9 Å². The van der Waals surface area contributed by atoms with Gasteiger partial charge in [-0.2, -0.15) is 0 Å². The average molecular weight is 257 g/mol. The monoisotopic (exact) mass is 257 g/mol. The number of pyridine rings is 1. The van der Waals surface area contributed by atoms with Crippen LogP contribution in [-0.4, -0.2) is 26.0 Å². The van der Waals surface area contributed by atoms with Gasteiger partial charge in [0.05, 0.1) is 5.92 Å². The molecule has 1 unspecified atom stereocenters. The summed E-state index contributed by atoms with van der Waals surface area (Å²) < 4.78 is 0. The quantitative estimate of drug-likeness (QED) is 0.913. The van der Waals surface area contributed by atoms with Crippen molar-refractivity contribution >= 4 is 5.97 Å². The molecule has 0 fully saturated rings. The van der Waals surface area contributed by atoms with E-state index in [-0.39, 0.29) is 0 Å². The Kier molecular flexibility index (Phi) is 3.55. The minimum Gasteiger partial charge on any atom is -0.481 e. The highest BCUT2D eigenvalue weighted by atomic mass is 16.4. The SMILES string of the molecule is Cc1nc(-c2ccncc2)nc(C)c1C(C)C(=O)O. The third-order valence-electron chi connectivity index (χ3n) is 3.07. The van der Waals surface area contributed by atoms with Crippen molar-refractivity contribution in [1.29, 1.82) is 0 Å². The molecule has 1 atom stereocenters. The Labute approximate surface area is 111 Å². The third kappa shape index (κ3) is 2.59. The Morgan fingerprint density at radius 2 is 1.68 bits per heavy atom. The zero-order chi connectivity index (χ0) is 14.0. The summed E-state index contributed by atoms with van der Waals surface area (Å²) in [5.41, 5.74) is 2.96. The minimum absolute atomic E-state index is 0.596. The van der Waals surface area contributed by atoms with E-state index in [0.717, 1.165) is 5.56 Å². The largest absolute Gasteiger partial charge is 0.481 e. The molecule has 2 aromatic heterocycles. The van der Waals surface area contributed by atoms with Crippen molar-refractivity contribution in [2.75, 3.05) is 0 Å². The zero-order valence-electron chi connectivity index (χ0n) is 11.1. The van der Waals surface area contributed by atoms with Gasteiger partial charge in [0.1, 0.15) is 0 Å². The highest BCUT2D eigenvalue weighted by molar-refractivity contribution is 5.76. The lowest BCUT2D eigenvalue weighted by molar-refractivity contribution is -0.138. The van der Waals surface area contributed by atoms with E-state index >= 15 is 0 Å². The topological polar surface area (TPSA) is 76.0 Å². The van der Waals surface area contributed by atoms with Gasteiger partial charge in [0.15, 0.2) is 5.82 Å². The van der Waals surface area contributed by atoms with Crippen LogP contribution in [0.25, 0.3) is 11.4 Å². The van der Waals surface area contributed by atoms with Crippen molar-refractivity contribution in [3.63, 3.8) is 0 Å². The number of aromatic nitrogens is 3. The van der Waals surface area contributed by atoms with Gasteiger partial charge in [0.2, 0.25) is 0 Å². The lowest BCUT2D eigenvalue weighted by atomic mass is 9.98. The van der Waals surface area contributed by atoms with Crippen LogP contribution in [0.5, 0.6) is 0 Å². The molecule has 2 aromatic rings. The molecule has 0 bridgehead atoms. The maximum atomic E-state index is 11.1. The Balaban J connectivity index is 2.51. The summed E-state index contributed by atoms with van der Waals surface area (Å²) in [6, 6.07) is 3.66. The van der Waals surface area contributed by atoms with Gasteiger partial charge in [-0.1, -0.05) is 0 Å². The second kappa shape index (κ2) is 5.14. The molecule has 5 nitrogen and oxygen atoms in total. The first-order valence-corrected chi connectivity index (χ1v) is 5.99. The van der Waals surface area contributed by atoms with Gasteiger partial charge in [-0.15, -0.1) is 0 Å². The molecule has 0 spiro atoms. The lowest BCUT2D eigenvalue weighted by Gasteiger charge is -2.14. The molecule has 0 aliphatic rings. The van der Waals surface area contributed by atoms with E-state index in [1.54, 1.807) is 19.3 Å². The maximum absolute atomic E-state index is 11.1. The van der Waals surface area contributed by atoms with E-state index in [2.05, 4.69) is 15.0 Å². The predicted octanol–water partition coefficient (Wildman–Crippen LogP) is 2.34. The number of rotatable bonds is 3. The molecule has 0 saturated carbocycles. The Bertz CT molecular complexity index is 588. The van der Waals surface area contributed by atoms with E-state index in [4.69, 9.17) is 5.11 Å². The Morgan fingerprint density at radius 1 is 1.16 bits per heavy atom. The summed E-state index contributed by atoms with van der Waals surface area (Å²) in [6.45, 7) is 5.27. The van der Waals surface area contributed by atoms with Crippen LogP contribution in [0.3, 0.4) is 0 Å². The minimum atomic E-state index is -0.869. The fourth-order valence-corrected chi connectivity index (χ4v) is 2.11. The summed E-state index contributed by atoms with van der Waals surface area (Å²) in [6.07, 6.45) is 3.36. The van der Waals surface area contributed by atoms with Crippen molar-refractivity contribution in [2.24, 2.45) is 0 Å². The Morgan fingerprint density at radius 3 is 2.16 bits per heavy atom. The molecule has 2 rings (SSSR count). The molecule has 19 heavy (non-hydrogen) atoms. The molecule has 0 amide bonds. The first-order valence-electron chi connectivity index (χ1n) is 5.99. The van der Waals surface area contributed by atoms with E-state index in [1.165, 1.54) is 0 Å². The molecule has 0 aliphatic carbocycles. The molecular formula is C14H15N3O2. The van der Waals surface area contributed by atoms with Gasteiger partial charge in [-0.05, 0) is 32.9 Å². The van der Waals surface area contributed by atoms with Crippen molar-refractivity contribution < 1.29 is 9.90 Å². The fraction of sp³-hybridized carbons (Fsp3) is 0.286. The van der Waals surface area contributed by atoms with E-state index in [9.17, 15) is 4.79 Å². The van der Waals surface area contributed by atoms with Crippen LogP contribution >= 0.6 is 0 Å². The molecule has 0 aliphatic heterocycles. The van der Waals surface area contributed by atoms with Crippen LogP contribution in [0.15, 0.2) is 24.5 Å². The van der Waals surface area contributed by atoms with Crippen molar-refractivity contribution in [2.45, 2.75) is 26.7 Å². The van der Waals surface area contributed by atoms with Crippen molar-refractivity contribution in [3.05, 3.63) is 41.5 Å². The third-order valence-corrected chi connectivity index (χ3v) is 3.07. The summed E-state index contributed by atoms with van der Waals surface area (Å²) in [7, 11) is 0. The second-order valence-electron chi connectivity index (χ2n) is 4.43. The van der Waals surface area contributed by atoms with Gasteiger partial charge in [-0.25, -0.2) is 9.97 Å². The fourth-order valence-electron chi connectivity index (χ4n) is 2.11. The number of aryl methyl sites for hydroxylation is 2. The van der Waals surface area contributed by atoms with Crippen LogP contribution in [0, 0.1) is 13.8 Å². The van der Waals surface area contributed by atoms with Gasteiger partial charge in [-0.3, -0.25) is 9.78 Å². The van der Waals surface area contributed by atoms with Crippen LogP contribution in [0.1, 0.15) is 29.8 Å². The van der Waals surface area contributed by atoms with Crippen molar-refractivity contribution in [1.82, 2.24) is 15.0 Å². The summed E-state index contributed by atoms with van der Waals surface area (Å²) in [5.74, 6) is -0.878. The number of hydrogen-bond acceptors (Lipinski definition) is 4. The number of aliphatic carboxylic acids is 1. The summed E-state index contributed by atoms with van der Waals surface area (Å²) >= 11 is 0. The molecule has 1 N–H and O–H groups in total. The van der Waals surface area contributed by atoms with Gasteiger partial charge >= 0.3 is 5.97 Å². The lowest BCUT2D eigenvalue weighted by Crippen LogP contribution is -2.13. The van der Waals surface area contributed by atoms with Gasteiger partial charge < -0.3 is 5.11 Å². The number of hydrogen-bond donors (Lipinski definition) is 1. The number of carbonyl (C=O) groups is 1. The van der Waals surface area contributed by atoms with E-state index in [0.29, 0.717) is 22.8 Å². The summed E-state index contributed by atoms with van der Waals surface area (Å²) in [4.78, 5) is 23.9. The molecule has 98 valence electrons. The molecule has 0 radical (unpaired) electrons. The first-order chi connectivity index (χ1) is 9.00. The number of nitrogens with zero attached hydrogens (tertiary/aromatic N) is 3. The van der Waals surface area contributed by atoms with Crippen LogP contribution in [0.4, 0.5) is 0 Å². The molecular weight excluding hydrogens is 242 g/mol. The second-order valence-corrected chi connectivity index (χ2v) is 4.43. The van der Waals surface area contributed by atoms with Crippen LogP contribution in [0.2, 0.25) is 0 Å². The molecule has 2 heterocycles. The van der Waals surface area contributed by atoms with Gasteiger partial charge in [0.25, 0.3) is 0 Å². The molecule has 5 heteroatoms. The smallest absolute Gasteiger partial charge is 0.310 e. The highest BCUT2D eigenvalue weighted by Gasteiger charge is 2.21. The normalized spacial score (nSPS) is 12.2. The average Bonchev–Trinajstić information content (AvgIpc) is 2.38. The highest BCUT2D eigenvalue weighted by Crippen LogP contribution is 2.24.